The number of nitrogens with zero attached hydrogens (tertiary/aromatic N) is 1. The normalized spacial score (nSPS) is 16.5. The van der Waals surface area contributed by atoms with Crippen molar-refractivity contribution in [2.45, 2.75) is 32.6 Å². The highest BCUT2D eigenvalue weighted by atomic mass is 19.3. The fourth-order valence-corrected chi connectivity index (χ4v) is 2.97. The van der Waals surface area contributed by atoms with Crippen molar-refractivity contribution in [3.05, 3.63) is 47.6 Å². The molecule has 0 bridgehead atoms. The minimum absolute atomic E-state index is 0.00691. The number of halogens is 2. The van der Waals surface area contributed by atoms with E-state index < -0.39 is 24.3 Å². The molecule has 1 aliphatic rings. The van der Waals surface area contributed by atoms with E-state index in [-0.39, 0.29) is 19.5 Å². The standard InChI is InChI=1S/C21H27F2N3O2/c1-4-5-6-7-17(18-12-16(24-3)9-8-15(18)2)20(28)25-13-19(27)26-11-10-21(22,23)14-26/h5-9,12,24H,4,10-11,13-14H2,1-3H3,(H,25,28)/b6-5+,17-7+. The molecule has 0 aromatic heterocycles. The SMILES string of the molecule is CC/C=C/C=C(/C(=O)NCC(=O)N1CCC(F)(F)C1)c1cc(NC)ccc1C. The molecule has 1 aromatic carbocycles. The number of hydrogen-bond donors (Lipinski definition) is 2. The molecule has 0 unspecified atom stereocenters. The van der Waals surface area contributed by atoms with Gasteiger partial charge in [0.1, 0.15) is 0 Å². The van der Waals surface area contributed by atoms with Crippen LogP contribution in [0.15, 0.2) is 36.4 Å². The molecule has 1 fully saturated rings. The van der Waals surface area contributed by atoms with Gasteiger partial charge in [0.2, 0.25) is 5.91 Å². The van der Waals surface area contributed by atoms with Crippen molar-refractivity contribution < 1.29 is 18.4 Å². The second-order valence-corrected chi connectivity index (χ2v) is 6.80. The monoisotopic (exact) mass is 391 g/mol. The maximum absolute atomic E-state index is 13.3. The van der Waals surface area contributed by atoms with Crippen LogP contribution < -0.4 is 10.6 Å². The van der Waals surface area contributed by atoms with Crippen LogP contribution in [0.2, 0.25) is 0 Å². The Hall–Kier alpha value is -2.70. The van der Waals surface area contributed by atoms with Crippen LogP contribution in [0, 0.1) is 6.92 Å². The first-order valence-corrected chi connectivity index (χ1v) is 9.37. The molecule has 0 atom stereocenters. The Labute approximate surface area is 164 Å². The fraction of sp³-hybridized carbons (Fsp3) is 0.429. The first kappa shape index (κ1) is 21.6. The highest BCUT2D eigenvalue weighted by Gasteiger charge is 2.40. The van der Waals surface area contributed by atoms with Crippen molar-refractivity contribution in [3.63, 3.8) is 0 Å². The molecular formula is C21H27F2N3O2. The number of alkyl halides is 2. The van der Waals surface area contributed by atoms with Crippen LogP contribution in [0.3, 0.4) is 0 Å². The van der Waals surface area contributed by atoms with Gasteiger partial charge in [0.05, 0.1) is 13.1 Å². The fourth-order valence-electron chi connectivity index (χ4n) is 2.97. The molecule has 1 aromatic rings. The van der Waals surface area contributed by atoms with Crippen molar-refractivity contribution in [1.82, 2.24) is 10.2 Å². The number of benzene rings is 1. The molecule has 0 radical (unpaired) electrons. The van der Waals surface area contributed by atoms with Gasteiger partial charge in [-0.2, -0.15) is 0 Å². The molecule has 2 amide bonds. The largest absolute Gasteiger partial charge is 0.388 e. The molecule has 152 valence electrons. The van der Waals surface area contributed by atoms with Gasteiger partial charge in [0.15, 0.2) is 0 Å². The van der Waals surface area contributed by atoms with E-state index in [1.54, 1.807) is 19.2 Å². The first-order valence-electron chi connectivity index (χ1n) is 9.37. The maximum Gasteiger partial charge on any atom is 0.267 e. The molecule has 1 heterocycles. The Kier molecular flexibility index (Phi) is 7.31. The number of anilines is 1. The third kappa shape index (κ3) is 5.65. The van der Waals surface area contributed by atoms with Gasteiger partial charge in [-0.05, 0) is 42.7 Å². The van der Waals surface area contributed by atoms with E-state index in [0.717, 1.165) is 28.1 Å². The van der Waals surface area contributed by atoms with Gasteiger partial charge in [0.25, 0.3) is 11.8 Å². The van der Waals surface area contributed by atoms with Crippen LogP contribution in [-0.2, 0) is 9.59 Å². The first-order chi connectivity index (χ1) is 13.3. The number of carbonyl (C=O) groups is 2. The predicted octanol–water partition coefficient (Wildman–Crippen LogP) is 3.37. The zero-order valence-corrected chi connectivity index (χ0v) is 16.5. The van der Waals surface area contributed by atoms with E-state index >= 15 is 0 Å². The summed E-state index contributed by atoms with van der Waals surface area (Å²) in [6.07, 6.45) is 5.90. The summed E-state index contributed by atoms with van der Waals surface area (Å²) in [5, 5.41) is 5.62. The molecule has 2 rings (SSSR count). The third-order valence-corrected chi connectivity index (χ3v) is 4.62. The van der Waals surface area contributed by atoms with E-state index in [9.17, 15) is 18.4 Å². The van der Waals surface area contributed by atoms with E-state index in [1.165, 1.54) is 0 Å². The molecule has 1 aliphatic heterocycles. The summed E-state index contributed by atoms with van der Waals surface area (Å²) in [5.41, 5.74) is 2.93. The van der Waals surface area contributed by atoms with Crippen LogP contribution in [0.1, 0.15) is 30.9 Å². The van der Waals surface area contributed by atoms with Gasteiger partial charge in [-0.3, -0.25) is 9.59 Å². The van der Waals surface area contributed by atoms with Gasteiger partial charge in [-0.1, -0.05) is 25.1 Å². The molecule has 0 saturated carbocycles. The number of nitrogens with one attached hydrogen (secondary N) is 2. The third-order valence-electron chi connectivity index (χ3n) is 4.62. The van der Waals surface area contributed by atoms with Crippen molar-refractivity contribution in [1.29, 1.82) is 0 Å². The zero-order valence-electron chi connectivity index (χ0n) is 16.5. The Morgan fingerprint density at radius 1 is 1.32 bits per heavy atom. The summed E-state index contributed by atoms with van der Waals surface area (Å²) in [5.74, 6) is -3.77. The van der Waals surface area contributed by atoms with Gasteiger partial charge in [0, 0.05) is 31.3 Å². The second kappa shape index (κ2) is 9.48. The molecule has 0 aliphatic carbocycles. The molecule has 5 nitrogen and oxygen atoms in total. The molecular weight excluding hydrogens is 364 g/mol. The second-order valence-electron chi connectivity index (χ2n) is 6.80. The average molecular weight is 391 g/mol. The van der Waals surface area contributed by atoms with Crippen LogP contribution in [0.25, 0.3) is 5.57 Å². The lowest BCUT2D eigenvalue weighted by Crippen LogP contribution is -2.40. The van der Waals surface area contributed by atoms with E-state index in [2.05, 4.69) is 10.6 Å². The minimum Gasteiger partial charge on any atom is -0.388 e. The van der Waals surface area contributed by atoms with Crippen molar-refractivity contribution in [3.8, 4) is 0 Å². The average Bonchev–Trinajstić information content (AvgIpc) is 3.04. The van der Waals surface area contributed by atoms with Crippen LogP contribution in [0.4, 0.5) is 14.5 Å². The van der Waals surface area contributed by atoms with Crippen molar-refractivity contribution >= 4 is 23.1 Å². The van der Waals surface area contributed by atoms with Crippen LogP contribution in [-0.4, -0.2) is 49.3 Å². The van der Waals surface area contributed by atoms with E-state index in [4.69, 9.17) is 0 Å². The number of hydrogen-bond acceptors (Lipinski definition) is 3. The van der Waals surface area contributed by atoms with Gasteiger partial charge < -0.3 is 15.5 Å². The summed E-state index contributed by atoms with van der Waals surface area (Å²) in [7, 11) is 1.79. The number of carbonyl (C=O) groups excluding carboxylic acids is 2. The summed E-state index contributed by atoms with van der Waals surface area (Å²) in [6.45, 7) is 2.99. The Bertz CT molecular complexity index is 788. The quantitative estimate of drug-likeness (QED) is 0.553. The molecule has 0 spiro atoms. The topological polar surface area (TPSA) is 61.4 Å². The summed E-state index contributed by atoms with van der Waals surface area (Å²) < 4.78 is 26.6. The lowest BCUT2D eigenvalue weighted by atomic mass is 9.98. The Balaban J connectivity index is 2.15. The molecule has 2 N–H and O–H groups in total. The number of amides is 2. The zero-order chi connectivity index (χ0) is 20.7. The van der Waals surface area contributed by atoms with Gasteiger partial charge in [-0.25, -0.2) is 8.78 Å². The minimum atomic E-state index is -2.85. The lowest BCUT2D eigenvalue weighted by Gasteiger charge is -2.17. The molecule has 7 heteroatoms. The maximum atomic E-state index is 13.3. The highest BCUT2D eigenvalue weighted by Crippen LogP contribution is 2.27. The number of likely N-dealkylation sites (tertiary alicyclic amines) is 1. The van der Waals surface area contributed by atoms with E-state index in [1.807, 2.05) is 38.1 Å². The smallest absolute Gasteiger partial charge is 0.267 e. The van der Waals surface area contributed by atoms with Crippen molar-refractivity contribution in [2.75, 3.05) is 32.0 Å². The van der Waals surface area contributed by atoms with E-state index in [0.29, 0.717) is 5.57 Å². The number of rotatable bonds is 7. The highest BCUT2D eigenvalue weighted by molar-refractivity contribution is 6.20. The van der Waals surface area contributed by atoms with Crippen LogP contribution >= 0.6 is 0 Å². The van der Waals surface area contributed by atoms with Crippen molar-refractivity contribution in [2.24, 2.45) is 0 Å². The Morgan fingerprint density at radius 2 is 2.07 bits per heavy atom. The number of aryl methyl sites for hydroxylation is 1. The molecule has 28 heavy (non-hydrogen) atoms. The van der Waals surface area contributed by atoms with Gasteiger partial charge in [-0.15, -0.1) is 0 Å². The van der Waals surface area contributed by atoms with Gasteiger partial charge >= 0.3 is 0 Å². The van der Waals surface area contributed by atoms with Crippen LogP contribution in [0.5, 0.6) is 0 Å². The summed E-state index contributed by atoms with van der Waals surface area (Å²) >= 11 is 0. The molecule has 1 saturated heterocycles. The number of allylic oxidation sites excluding steroid dienone is 3. The lowest BCUT2D eigenvalue weighted by molar-refractivity contribution is -0.132. The summed E-state index contributed by atoms with van der Waals surface area (Å²) in [6, 6.07) is 5.68. The Morgan fingerprint density at radius 3 is 2.68 bits per heavy atom. The summed E-state index contributed by atoms with van der Waals surface area (Å²) in [4.78, 5) is 26.0. The predicted molar refractivity (Wildman–Crippen MR) is 107 cm³/mol.